The second-order valence-electron chi connectivity index (χ2n) is 7.74. The van der Waals surface area contributed by atoms with Crippen molar-refractivity contribution in [3.63, 3.8) is 0 Å². The van der Waals surface area contributed by atoms with Gasteiger partial charge in [0.1, 0.15) is 17.3 Å². The molecule has 0 aliphatic heterocycles. The van der Waals surface area contributed by atoms with Crippen LogP contribution < -0.4 is 0 Å². The van der Waals surface area contributed by atoms with Gasteiger partial charge < -0.3 is 9.52 Å². The maximum absolute atomic E-state index is 12.9. The number of hydrogen-bond donors (Lipinski definition) is 1. The van der Waals surface area contributed by atoms with Crippen molar-refractivity contribution in [3.8, 4) is 17.1 Å². The van der Waals surface area contributed by atoms with Crippen LogP contribution >= 0.6 is 0 Å². The summed E-state index contributed by atoms with van der Waals surface area (Å²) in [5.74, 6) is 2.54. The Kier molecular flexibility index (Phi) is 3.62. The third-order valence-electron chi connectivity index (χ3n) is 4.65. The maximum Gasteiger partial charge on any atom is 0.170 e. The van der Waals surface area contributed by atoms with E-state index in [1.807, 2.05) is 19.1 Å². The van der Waals surface area contributed by atoms with E-state index in [9.17, 15) is 9.90 Å². The van der Waals surface area contributed by atoms with E-state index in [0.717, 1.165) is 34.6 Å². The van der Waals surface area contributed by atoms with Gasteiger partial charge in [-0.1, -0.05) is 27.7 Å². The van der Waals surface area contributed by atoms with Crippen molar-refractivity contribution in [3.05, 3.63) is 41.2 Å². The largest absolute Gasteiger partial charge is 0.508 e. The lowest BCUT2D eigenvalue weighted by Crippen LogP contribution is -2.16. The zero-order valence-corrected chi connectivity index (χ0v) is 14.4. The molecule has 122 valence electrons. The Morgan fingerprint density at radius 2 is 1.78 bits per heavy atom. The Morgan fingerprint density at radius 1 is 1.22 bits per heavy atom. The summed E-state index contributed by atoms with van der Waals surface area (Å²) in [6.07, 6.45) is 0.974. The van der Waals surface area contributed by atoms with E-state index < -0.39 is 0 Å². The van der Waals surface area contributed by atoms with E-state index in [1.165, 1.54) is 0 Å². The summed E-state index contributed by atoms with van der Waals surface area (Å²) in [6.45, 7) is 10.3. The first-order valence-corrected chi connectivity index (χ1v) is 8.17. The highest BCUT2D eigenvalue weighted by Gasteiger charge is 2.43. The van der Waals surface area contributed by atoms with Gasteiger partial charge >= 0.3 is 0 Å². The molecule has 1 aromatic heterocycles. The maximum atomic E-state index is 12.9. The van der Waals surface area contributed by atoms with Crippen LogP contribution in [0.1, 0.15) is 55.8 Å². The van der Waals surface area contributed by atoms with Crippen molar-refractivity contribution in [2.24, 2.45) is 11.8 Å². The molecular weight excluding hydrogens is 288 g/mol. The van der Waals surface area contributed by atoms with Crippen LogP contribution in [-0.4, -0.2) is 10.9 Å². The molecular formula is C20H24O3. The molecule has 1 aliphatic carbocycles. The third kappa shape index (κ3) is 2.80. The van der Waals surface area contributed by atoms with Gasteiger partial charge in [0.2, 0.25) is 0 Å². The highest BCUT2D eigenvalue weighted by atomic mass is 16.3. The number of hydrogen-bond acceptors (Lipinski definition) is 3. The molecule has 3 nitrogen and oxygen atoms in total. The molecule has 2 aromatic rings. The summed E-state index contributed by atoms with van der Waals surface area (Å²) >= 11 is 0. The lowest BCUT2D eigenvalue weighted by molar-refractivity contribution is 0.0958. The minimum Gasteiger partial charge on any atom is -0.508 e. The molecule has 0 amide bonds. The minimum atomic E-state index is -0.233. The highest BCUT2D eigenvalue weighted by Crippen LogP contribution is 2.45. The Labute approximate surface area is 137 Å². The van der Waals surface area contributed by atoms with Crippen molar-refractivity contribution in [2.75, 3.05) is 0 Å². The van der Waals surface area contributed by atoms with Gasteiger partial charge in [0.05, 0.1) is 5.56 Å². The zero-order chi connectivity index (χ0) is 16.9. The molecule has 0 spiro atoms. The van der Waals surface area contributed by atoms with Gasteiger partial charge in [-0.2, -0.15) is 0 Å². The van der Waals surface area contributed by atoms with Crippen LogP contribution in [-0.2, 0) is 5.41 Å². The van der Waals surface area contributed by atoms with E-state index in [1.54, 1.807) is 12.1 Å². The molecule has 23 heavy (non-hydrogen) atoms. The fourth-order valence-electron chi connectivity index (χ4n) is 3.10. The van der Waals surface area contributed by atoms with Crippen LogP contribution in [0.4, 0.5) is 0 Å². The van der Waals surface area contributed by atoms with Crippen LogP contribution in [0.3, 0.4) is 0 Å². The van der Waals surface area contributed by atoms with Crippen molar-refractivity contribution >= 4 is 5.78 Å². The summed E-state index contributed by atoms with van der Waals surface area (Å²) in [5, 5.41) is 9.48. The Hall–Kier alpha value is -2.03. The monoisotopic (exact) mass is 312 g/mol. The molecule has 0 radical (unpaired) electrons. The number of Topliss-reactive ketones (excluding diaryl/α,β-unsaturated/α-hetero) is 1. The fourth-order valence-corrected chi connectivity index (χ4v) is 3.10. The molecule has 1 N–H and O–H groups in total. The Morgan fingerprint density at radius 3 is 2.26 bits per heavy atom. The van der Waals surface area contributed by atoms with Crippen LogP contribution in [0.15, 0.2) is 28.7 Å². The predicted molar refractivity (Wildman–Crippen MR) is 90.8 cm³/mol. The van der Waals surface area contributed by atoms with Gasteiger partial charge in [0, 0.05) is 22.5 Å². The van der Waals surface area contributed by atoms with Crippen LogP contribution in [0.5, 0.6) is 5.75 Å². The predicted octanol–water partition coefficient (Wildman–Crippen LogP) is 5.10. The number of furan rings is 1. The SMILES string of the molecule is Cc1c(-c2ccc(O)cc2)oc(C(C)(C)C)c1C(=O)C1CC1C. The van der Waals surface area contributed by atoms with Gasteiger partial charge in [-0.25, -0.2) is 0 Å². The molecule has 1 fully saturated rings. The van der Waals surface area contributed by atoms with Crippen LogP contribution in [0, 0.1) is 18.8 Å². The molecule has 1 saturated carbocycles. The number of carbonyl (C=O) groups excluding carboxylic acids is 1. The Bertz CT molecular complexity index is 744. The van der Waals surface area contributed by atoms with Gasteiger partial charge in [-0.3, -0.25) is 4.79 Å². The summed E-state index contributed by atoms with van der Waals surface area (Å²) in [5.41, 5.74) is 2.32. The molecule has 1 aliphatic rings. The summed E-state index contributed by atoms with van der Waals surface area (Å²) in [7, 11) is 0. The number of rotatable bonds is 3. The quantitative estimate of drug-likeness (QED) is 0.802. The van der Waals surface area contributed by atoms with Crippen molar-refractivity contribution in [1.82, 2.24) is 0 Å². The van der Waals surface area contributed by atoms with Gasteiger partial charge in [-0.05, 0) is 43.5 Å². The van der Waals surface area contributed by atoms with E-state index in [4.69, 9.17) is 4.42 Å². The lowest BCUT2D eigenvalue weighted by Gasteiger charge is -2.17. The average Bonchev–Trinajstić information content (AvgIpc) is 3.08. The molecule has 0 saturated heterocycles. The van der Waals surface area contributed by atoms with E-state index in [0.29, 0.717) is 5.92 Å². The molecule has 2 atom stereocenters. The number of phenols is 1. The summed E-state index contributed by atoms with van der Waals surface area (Å²) in [6, 6.07) is 6.92. The van der Waals surface area contributed by atoms with Gasteiger partial charge in [0.15, 0.2) is 5.78 Å². The van der Waals surface area contributed by atoms with E-state index >= 15 is 0 Å². The molecule has 3 rings (SSSR count). The van der Waals surface area contributed by atoms with Crippen LogP contribution in [0.2, 0.25) is 0 Å². The van der Waals surface area contributed by atoms with Gasteiger partial charge in [0.25, 0.3) is 0 Å². The van der Waals surface area contributed by atoms with E-state index in [-0.39, 0.29) is 22.9 Å². The van der Waals surface area contributed by atoms with Crippen molar-refractivity contribution in [1.29, 1.82) is 0 Å². The molecule has 1 heterocycles. The molecule has 3 heteroatoms. The number of ketones is 1. The van der Waals surface area contributed by atoms with Gasteiger partial charge in [-0.15, -0.1) is 0 Å². The number of phenolic OH excluding ortho intramolecular Hbond substituents is 1. The van der Waals surface area contributed by atoms with E-state index in [2.05, 4.69) is 27.7 Å². The average molecular weight is 312 g/mol. The van der Waals surface area contributed by atoms with Crippen LogP contribution in [0.25, 0.3) is 11.3 Å². The standard InChI is InChI=1S/C20H24O3/c1-11-10-15(11)17(22)16-12(2)18(23-19(16)20(3,4)5)13-6-8-14(21)9-7-13/h6-9,11,15,21H,10H2,1-5H3. The number of benzene rings is 1. The molecule has 2 unspecified atom stereocenters. The second kappa shape index (κ2) is 5.26. The third-order valence-corrected chi connectivity index (χ3v) is 4.65. The smallest absolute Gasteiger partial charge is 0.170 e. The normalized spacial score (nSPS) is 20.6. The Balaban J connectivity index is 2.14. The topological polar surface area (TPSA) is 50.4 Å². The fraction of sp³-hybridized carbons (Fsp3) is 0.450. The first kappa shape index (κ1) is 15.9. The molecule has 0 bridgehead atoms. The number of aromatic hydroxyl groups is 1. The first-order valence-electron chi connectivity index (χ1n) is 8.17. The van der Waals surface area contributed by atoms with Crippen molar-refractivity contribution < 1.29 is 14.3 Å². The molecule has 1 aromatic carbocycles. The number of carbonyl (C=O) groups is 1. The summed E-state index contributed by atoms with van der Waals surface area (Å²) in [4.78, 5) is 12.9. The first-order chi connectivity index (χ1) is 10.7. The lowest BCUT2D eigenvalue weighted by atomic mass is 9.86. The van der Waals surface area contributed by atoms with Crippen molar-refractivity contribution in [2.45, 2.75) is 46.5 Å². The highest BCUT2D eigenvalue weighted by molar-refractivity contribution is 6.03. The summed E-state index contributed by atoms with van der Waals surface area (Å²) < 4.78 is 6.17. The minimum absolute atomic E-state index is 0.139. The zero-order valence-electron chi connectivity index (χ0n) is 14.4. The second-order valence-corrected chi connectivity index (χ2v) is 7.74.